The largest absolute Gasteiger partial charge is 0.478 e. The smallest absolute Gasteiger partial charge is 0.335 e. The second kappa shape index (κ2) is 6.59. The average molecular weight is 260 g/mol. The molecule has 5 heteroatoms. The lowest BCUT2D eigenvalue weighted by atomic mass is 10.2. The van der Waals surface area contributed by atoms with Crippen molar-refractivity contribution in [1.29, 1.82) is 0 Å². The Hall–Kier alpha value is -1.10. The lowest BCUT2D eigenvalue weighted by Gasteiger charge is -2.05. The van der Waals surface area contributed by atoms with E-state index in [4.69, 9.17) is 5.11 Å². The molecule has 0 aliphatic carbocycles. The Bertz CT molecular complexity index is 384. The first kappa shape index (κ1) is 14.0. The number of hydrogen-bond donors (Lipinski definition) is 1. The topological polar surface area (TPSA) is 37.3 Å². The van der Waals surface area contributed by atoms with E-state index >= 15 is 0 Å². The highest BCUT2D eigenvalue weighted by molar-refractivity contribution is 7.99. The van der Waals surface area contributed by atoms with Gasteiger partial charge in [-0.15, -0.1) is 11.8 Å². The third kappa shape index (κ3) is 4.00. The van der Waals surface area contributed by atoms with Crippen molar-refractivity contribution in [1.82, 2.24) is 0 Å². The molecule has 1 aromatic rings. The number of carboxylic acids is 1. The van der Waals surface area contributed by atoms with Crippen LogP contribution in [0.4, 0.5) is 8.78 Å². The number of carboxylic acid groups (broad SMARTS) is 1. The van der Waals surface area contributed by atoms with Crippen molar-refractivity contribution in [3.05, 3.63) is 29.3 Å². The molecule has 0 unspecified atom stereocenters. The third-order valence-corrected chi connectivity index (χ3v) is 3.41. The number of benzene rings is 1. The fraction of sp³-hybridized carbons (Fsp3) is 0.417. The molecule has 1 aromatic carbocycles. The van der Waals surface area contributed by atoms with Crippen LogP contribution in [-0.4, -0.2) is 16.8 Å². The molecule has 0 aliphatic heterocycles. The van der Waals surface area contributed by atoms with Gasteiger partial charge >= 0.3 is 5.97 Å². The number of aromatic carboxylic acids is 1. The van der Waals surface area contributed by atoms with Crippen molar-refractivity contribution >= 4 is 17.7 Å². The van der Waals surface area contributed by atoms with Gasteiger partial charge in [-0.1, -0.05) is 19.8 Å². The monoisotopic (exact) mass is 260 g/mol. The van der Waals surface area contributed by atoms with E-state index in [1.165, 1.54) is 0 Å². The van der Waals surface area contributed by atoms with Gasteiger partial charge in [0, 0.05) is 0 Å². The zero-order valence-electron chi connectivity index (χ0n) is 9.50. The van der Waals surface area contributed by atoms with Crippen LogP contribution in [0.15, 0.2) is 17.0 Å². The number of carbonyl (C=O) groups is 1. The van der Waals surface area contributed by atoms with Crippen molar-refractivity contribution in [2.45, 2.75) is 31.1 Å². The van der Waals surface area contributed by atoms with E-state index in [1.54, 1.807) is 0 Å². The molecule has 0 saturated heterocycles. The Labute approximate surface area is 103 Å². The van der Waals surface area contributed by atoms with Gasteiger partial charge in [0.25, 0.3) is 0 Å². The zero-order valence-corrected chi connectivity index (χ0v) is 10.3. The predicted molar refractivity (Wildman–Crippen MR) is 63.6 cm³/mol. The van der Waals surface area contributed by atoms with Crippen molar-refractivity contribution in [3.8, 4) is 0 Å². The first-order valence-electron chi connectivity index (χ1n) is 5.41. The second-order valence-electron chi connectivity index (χ2n) is 3.63. The van der Waals surface area contributed by atoms with Gasteiger partial charge in [-0.2, -0.15) is 0 Å². The van der Waals surface area contributed by atoms with Crippen LogP contribution in [0, 0.1) is 11.6 Å². The Kier molecular flexibility index (Phi) is 5.41. The van der Waals surface area contributed by atoms with Crippen LogP contribution >= 0.6 is 11.8 Å². The lowest BCUT2D eigenvalue weighted by molar-refractivity contribution is 0.0695. The summed E-state index contributed by atoms with van der Waals surface area (Å²) < 4.78 is 26.9. The molecule has 1 rings (SSSR count). The van der Waals surface area contributed by atoms with Gasteiger partial charge in [0.05, 0.1) is 10.5 Å². The van der Waals surface area contributed by atoms with Gasteiger partial charge in [-0.05, 0) is 24.3 Å². The SMILES string of the molecule is CCCCCSc1c(F)cc(C(=O)O)cc1F. The molecule has 0 bridgehead atoms. The van der Waals surface area contributed by atoms with E-state index in [0.29, 0.717) is 5.75 Å². The number of halogens is 2. The standard InChI is InChI=1S/C12H14F2O2S/c1-2-3-4-5-17-11-9(13)6-8(12(15)16)7-10(11)14/h6-7H,2-5H2,1H3,(H,15,16). The lowest BCUT2D eigenvalue weighted by Crippen LogP contribution is -2.00. The maximum absolute atomic E-state index is 13.5. The summed E-state index contributed by atoms with van der Waals surface area (Å²) in [5.74, 6) is -2.30. The van der Waals surface area contributed by atoms with Crippen LogP contribution < -0.4 is 0 Å². The minimum absolute atomic E-state index is 0.0916. The second-order valence-corrected chi connectivity index (χ2v) is 4.73. The molecule has 17 heavy (non-hydrogen) atoms. The maximum atomic E-state index is 13.5. The Morgan fingerprint density at radius 1 is 1.29 bits per heavy atom. The van der Waals surface area contributed by atoms with Gasteiger partial charge in [-0.3, -0.25) is 0 Å². The van der Waals surface area contributed by atoms with Gasteiger partial charge in [0.1, 0.15) is 11.6 Å². The van der Waals surface area contributed by atoms with Gasteiger partial charge in [0.2, 0.25) is 0 Å². The quantitative estimate of drug-likeness (QED) is 0.621. The van der Waals surface area contributed by atoms with Crippen LogP contribution in [0.1, 0.15) is 36.5 Å². The molecule has 0 heterocycles. The van der Waals surface area contributed by atoms with E-state index in [1.807, 2.05) is 6.92 Å². The predicted octanol–water partition coefficient (Wildman–Crippen LogP) is 3.95. The molecule has 0 spiro atoms. The van der Waals surface area contributed by atoms with Crippen LogP contribution in [0.25, 0.3) is 0 Å². The first-order chi connectivity index (χ1) is 8.06. The summed E-state index contributed by atoms with van der Waals surface area (Å²) in [6.07, 6.45) is 2.95. The molecule has 1 N–H and O–H groups in total. The van der Waals surface area contributed by atoms with Crippen LogP contribution in [-0.2, 0) is 0 Å². The molecular formula is C12H14F2O2S. The van der Waals surface area contributed by atoms with Gasteiger partial charge in [0.15, 0.2) is 0 Å². The molecule has 0 fully saturated rings. The zero-order chi connectivity index (χ0) is 12.8. The minimum Gasteiger partial charge on any atom is -0.478 e. The van der Waals surface area contributed by atoms with Crippen molar-refractivity contribution in [2.75, 3.05) is 5.75 Å². The minimum atomic E-state index is -1.33. The van der Waals surface area contributed by atoms with E-state index in [9.17, 15) is 13.6 Å². The summed E-state index contributed by atoms with van der Waals surface area (Å²) >= 11 is 1.09. The van der Waals surface area contributed by atoms with Crippen molar-refractivity contribution in [3.63, 3.8) is 0 Å². The molecule has 94 valence electrons. The highest BCUT2D eigenvalue weighted by atomic mass is 32.2. The Morgan fingerprint density at radius 3 is 2.35 bits per heavy atom. The average Bonchev–Trinajstić information content (AvgIpc) is 2.26. The molecule has 0 atom stereocenters. The van der Waals surface area contributed by atoms with Gasteiger partial charge in [-0.25, -0.2) is 13.6 Å². The van der Waals surface area contributed by atoms with Crippen LogP contribution in [0.5, 0.6) is 0 Å². The summed E-state index contributed by atoms with van der Waals surface area (Å²) in [5.41, 5.74) is -0.363. The van der Waals surface area contributed by atoms with E-state index in [-0.39, 0.29) is 10.5 Å². The molecule has 0 amide bonds. The number of hydrogen-bond acceptors (Lipinski definition) is 2. The summed E-state index contributed by atoms with van der Waals surface area (Å²) in [5, 5.41) is 8.63. The number of rotatable bonds is 6. The molecular weight excluding hydrogens is 246 g/mol. The van der Waals surface area contributed by atoms with E-state index in [0.717, 1.165) is 43.2 Å². The molecule has 0 saturated carbocycles. The molecule has 0 aromatic heterocycles. The molecule has 2 nitrogen and oxygen atoms in total. The summed E-state index contributed by atoms with van der Waals surface area (Å²) in [4.78, 5) is 10.5. The number of thioether (sulfide) groups is 1. The number of unbranched alkanes of at least 4 members (excludes halogenated alkanes) is 2. The highest BCUT2D eigenvalue weighted by Crippen LogP contribution is 2.27. The highest BCUT2D eigenvalue weighted by Gasteiger charge is 2.14. The van der Waals surface area contributed by atoms with Crippen molar-refractivity contribution in [2.24, 2.45) is 0 Å². The van der Waals surface area contributed by atoms with Gasteiger partial charge < -0.3 is 5.11 Å². The Balaban J connectivity index is 2.76. The Morgan fingerprint density at radius 2 is 1.88 bits per heavy atom. The normalized spacial score (nSPS) is 10.5. The fourth-order valence-corrected chi connectivity index (χ4v) is 2.29. The maximum Gasteiger partial charge on any atom is 0.335 e. The summed E-state index contributed by atoms with van der Waals surface area (Å²) in [6, 6.07) is 1.71. The fourth-order valence-electron chi connectivity index (χ4n) is 1.35. The van der Waals surface area contributed by atoms with E-state index < -0.39 is 17.6 Å². The van der Waals surface area contributed by atoms with Crippen molar-refractivity contribution < 1.29 is 18.7 Å². The van der Waals surface area contributed by atoms with Crippen LogP contribution in [0.3, 0.4) is 0 Å². The first-order valence-corrected chi connectivity index (χ1v) is 6.40. The summed E-state index contributed by atoms with van der Waals surface area (Å²) in [6.45, 7) is 2.05. The molecule has 0 radical (unpaired) electrons. The molecule has 0 aliphatic rings. The van der Waals surface area contributed by atoms with Crippen LogP contribution in [0.2, 0.25) is 0 Å². The third-order valence-electron chi connectivity index (χ3n) is 2.24. The van der Waals surface area contributed by atoms with E-state index in [2.05, 4.69) is 0 Å². The summed E-state index contributed by atoms with van der Waals surface area (Å²) in [7, 11) is 0.